The highest BCUT2D eigenvalue weighted by Crippen LogP contribution is 2.22. The third kappa shape index (κ3) is 2.62. The molecule has 1 aromatic rings. The number of hydrogen-bond donors (Lipinski definition) is 0. The Balaban J connectivity index is 1.95. The summed E-state index contributed by atoms with van der Waals surface area (Å²) in [4.78, 5) is 15.3. The molecule has 0 spiro atoms. The Labute approximate surface area is 100 Å². The van der Waals surface area contributed by atoms with Crippen molar-refractivity contribution in [1.29, 1.82) is 0 Å². The van der Waals surface area contributed by atoms with Crippen LogP contribution in [0, 0.1) is 0 Å². The minimum absolute atomic E-state index is 0.0259. The van der Waals surface area contributed by atoms with E-state index >= 15 is 0 Å². The number of esters is 1. The number of rotatable bonds is 4. The van der Waals surface area contributed by atoms with E-state index in [0.717, 1.165) is 25.9 Å². The van der Waals surface area contributed by atoms with E-state index in [9.17, 15) is 4.79 Å². The molecule has 1 atom stereocenters. The summed E-state index contributed by atoms with van der Waals surface area (Å²) in [5.41, 5.74) is 0. The number of carbonyl (C=O) groups excluding carboxylic acids is 1. The highest BCUT2D eigenvalue weighted by atomic mass is 32.1. The third-order valence-corrected chi connectivity index (χ3v) is 3.72. The zero-order valence-corrected chi connectivity index (χ0v) is 10.3. The molecular formula is C12H17NO2S. The molecule has 1 unspecified atom stereocenters. The molecule has 1 saturated heterocycles. The molecule has 1 aromatic heterocycles. The predicted molar refractivity (Wildman–Crippen MR) is 64.4 cm³/mol. The number of carbonyl (C=O) groups is 1. The number of ether oxygens (including phenoxy) is 1. The van der Waals surface area contributed by atoms with Gasteiger partial charge in [0.2, 0.25) is 0 Å². The first-order chi connectivity index (χ1) is 7.81. The van der Waals surface area contributed by atoms with Gasteiger partial charge in [-0.15, -0.1) is 11.3 Å². The first kappa shape index (κ1) is 11.6. The average Bonchev–Trinajstić information content (AvgIpc) is 2.90. The first-order valence-corrected chi connectivity index (χ1v) is 6.62. The molecule has 4 heteroatoms. The van der Waals surface area contributed by atoms with Gasteiger partial charge in [0.05, 0.1) is 6.61 Å². The standard InChI is InChI=1S/C12H17NO2S/c1-2-15-12(14)11-6-3-7-13(11)9-10-5-4-8-16-10/h4-5,8,11H,2-3,6-7,9H2,1H3. The second kappa shape index (κ2) is 5.46. The van der Waals surface area contributed by atoms with E-state index in [1.165, 1.54) is 4.88 Å². The number of hydrogen-bond acceptors (Lipinski definition) is 4. The minimum Gasteiger partial charge on any atom is -0.465 e. The van der Waals surface area contributed by atoms with Crippen LogP contribution in [-0.2, 0) is 16.1 Å². The zero-order chi connectivity index (χ0) is 11.4. The molecule has 0 radical (unpaired) electrons. The van der Waals surface area contributed by atoms with E-state index in [2.05, 4.69) is 22.4 Å². The Hall–Kier alpha value is -0.870. The van der Waals surface area contributed by atoms with E-state index in [1.54, 1.807) is 11.3 Å². The average molecular weight is 239 g/mol. The normalized spacial score (nSPS) is 21.2. The maximum absolute atomic E-state index is 11.7. The number of thiophene rings is 1. The van der Waals surface area contributed by atoms with Crippen molar-refractivity contribution >= 4 is 17.3 Å². The summed E-state index contributed by atoms with van der Waals surface area (Å²) in [5, 5.41) is 2.07. The SMILES string of the molecule is CCOC(=O)C1CCCN1Cc1cccs1. The zero-order valence-electron chi connectivity index (χ0n) is 9.52. The Morgan fingerprint density at radius 2 is 2.56 bits per heavy atom. The van der Waals surface area contributed by atoms with Crippen LogP contribution in [0.1, 0.15) is 24.6 Å². The summed E-state index contributed by atoms with van der Waals surface area (Å²) in [5.74, 6) is -0.0587. The van der Waals surface area contributed by atoms with Crippen LogP contribution in [0.5, 0.6) is 0 Å². The van der Waals surface area contributed by atoms with Crippen LogP contribution in [0.3, 0.4) is 0 Å². The molecule has 88 valence electrons. The van der Waals surface area contributed by atoms with Gasteiger partial charge >= 0.3 is 5.97 Å². The third-order valence-electron chi connectivity index (χ3n) is 2.86. The molecular weight excluding hydrogens is 222 g/mol. The van der Waals surface area contributed by atoms with Crippen LogP contribution in [0.15, 0.2) is 17.5 Å². The minimum atomic E-state index is -0.0587. The molecule has 1 fully saturated rings. The molecule has 16 heavy (non-hydrogen) atoms. The fourth-order valence-corrected chi connectivity index (χ4v) is 2.85. The van der Waals surface area contributed by atoms with Gasteiger partial charge in [-0.1, -0.05) is 6.07 Å². The van der Waals surface area contributed by atoms with Gasteiger partial charge in [0, 0.05) is 11.4 Å². The van der Waals surface area contributed by atoms with Crippen LogP contribution >= 0.6 is 11.3 Å². The molecule has 0 amide bonds. The maximum Gasteiger partial charge on any atom is 0.323 e. The van der Waals surface area contributed by atoms with Crippen molar-refractivity contribution in [3.8, 4) is 0 Å². The smallest absolute Gasteiger partial charge is 0.323 e. The Kier molecular flexibility index (Phi) is 3.96. The molecule has 2 heterocycles. The summed E-state index contributed by atoms with van der Waals surface area (Å²) in [6.07, 6.45) is 2.03. The molecule has 1 aliphatic heterocycles. The van der Waals surface area contributed by atoms with Crippen LogP contribution < -0.4 is 0 Å². The second-order valence-corrected chi connectivity index (χ2v) is 4.99. The van der Waals surface area contributed by atoms with Crippen molar-refractivity contribution in [2.24, 2.45) is 0 Å². The summed E-state index contributed by atoms with van der Waals surface area (Å²) < 4.78 is 5.10. The van der Waals surface area contributed by atoms with Crippen molar-refractivity contribution in [1.82, 2.24) is 4.90 Å². The summed E-state index contributed by atoms with van der Waals surface area (Å²) >= 11 is 1.74. The Morgan fingerprint density at radius 1 is 1.69 bits per heavy atom. The molecule has 3 nitrogen and oxygen atoms in total. The van der Waals surface area contributed by atoms with E-state index in [4.69, 9.17) is 4.74 Å². The van der Waals surface area contributed by atoms with Gasteiger partial charge in [-0.05, 0) is 37.8 Å². The fraction of sp³-hybridized carbons (Fsp3) is 0.583. The molecule has 0 aromatic carbocycles. The first-order valence-electron chi connectivity index (χ1n) is 5.74. The molecule has 2 rings (SSSR count). The summed E-state index contributed by atoms with van der Waals surface area (Å²) in [6, 6.07) is 4.14. The van der Waals surface area contributed by atoms with Crippen molar-refractivity contribution in [2.45, 2.75) is 32.4 Å². The molecule has 0 bridgehead atoms. The fourth-order valence-electron chi connectivity index (χ4n) is 2.12. The van der Waals surface area contributed by atoms with Gasteiger partial charge in [0.15, 0.2) is 0 Å². The molecule has 0 saturated carbocycles. The van der Waals surface area contributed by atoms with Crippen molar-refractivity contribution in [2.75, 3.05) is 13.2 Å². The maximum atomic E-state index is 11.7. The number of nitrogens with zero attached hydrogens (tertiary/aromatic N) is 1. The lowest BCUT2D eigenvalue weighted by molar-refractivity contribution is -0.148. The van der Waals surface area contributed by atoms with Gasteiger partial charge in [-0.3, -0.25) is 9.69 Å². The lowest BCUT2D eigenvalue weighted by atomic mass is 10.2. The van der Waals surface area contributed by atoms with E-state index in [0.29, 0.717) is 6.61 Å². The van der Waals surface area contributed by atoms with Crippen molar-refractivity contribution < 1.29 is 9.53 Å². The largest absolute Gasteiger partial charge is 0.465 e. The van der Waals surface area contributed by atoms with Gasteiger partial charge in [-0.2, -0.15) is 0 Å². The van der Waals surface area contributed by atoms with Crippen molar-refractivity contribution in [3.63, 3.8) is 0 Å². The van der Waals surface area contributed by atoms with Gasteiger partial charge in [0.25, 0.3) is 0 Å². The lowest BCUT2D eigenvalue weighted by Crippen LogP contribution is -2.36. The molecule has 1 aliphatic rings. The molecule has 0 aliphatic carbocycles. The Bertz CT molecular complexity index is 337. The van der Waals surface area contributed by atoms with Crippen LogP contribution in [0.2, 0.25) is 0 Å². The lowest BCUT2D eigenvalue weighted by Gasteiger charge is -2.21. The summed E-state index contributed by atoms with van der Waals surface area (Å²) in [7, 11) is 0. The van der Waals surface area contributed by atoms with E-state index in [1.807, 2.05) is 6.92 Å². The molecule has 0 N–H and O–H groups in total. The van der Waals surface area contributed by atoms with Crippen LogP contribution in [-0.4, -0.2) is 30.1 Å². The van der Waals surface area contributed by atoms with Gasteiger partial charge in [0.1, 0.15) is 6.04 Å². The van der Waals surface area contributed by atoms with Crippen molar-refractivity contribution in [3.05, 3.63) is 22.4 Å². The highest BCUT2D eigenvalue weighted by Gasteiger charge is 2.31. The topological polar surface area (TPSA) is 29.5 Å². The quantitative estimate of drug-likeness (QED) is 0.755. The van der Waals surface area contributed by atoms with Crippen LogP contribution in [0.4, 0.5) is 0 Å². The summed E-state index contributed by atoms with van der Waals surface area (Å²) in [6.45, 7) is 4.21. The van der Waals surface area contributed by atoms with Crippen LogP contribution in [0.25, 0.3) is 0 Å². The van der Waals surface area contributed by atoms with E-state index in [-0.39, 0.29) is 12.0 Å². The predicted octanol–water partition coefficient (Wildman–Crippen LogP) is 2.28. The highest BCUT2D eigenvalue weighted by molar-refractivity contribution is 7.09. The monoisotopic (exact) mass is 239 g/mol. The number of likely N-dealkylation sites (tertiary alicyclic amines) is 1. The van der Waals surface area contributed by atoms with E-state index < -0.39 is 0 Å². The van der Waals surface area contributed by atoms with Gasteiger partial charge in [-0.25, -0.2) is 0 Å². The van der Waals surface area contributed by atoms with Gasteiger partial charge < -0.3 is 4.74 Å². The Morgan fingerprint density at radius 3 is 3.25 bits per heavy atom. The second-order valence-electron chi connectivity index (χ2n) is 3.96.